The van der Waals surface area contributed by atoms with Crippen LogP contribution in [0.15, 0.2) is 72.8 Å². The van der Waals surface area contributed by atoms with Crippen LogP contribution in [0, 0.1) is 5.82 Å². The van der Waals surface area contributed by atoms with E-state index in [2.05, 4.69) is 34.9 Å². The molecule has 5 heteroatoms. The summed E-state index contributed by atoms with van der Waals surface area (Å²) in [5, 5.41) is 6.32. The molecule has 0 saturated heterocycles. The third kappa shape index (κ3) is 4.13. The van der Waals surface area contributed by atoms with Gasteiger partial charge in [0.15, 0.2) is 0 Å². The zero-order valence-corrected chi connectivity index (χ0v) is 17.2. The Kier molecular flexibility index (Phi) is 5.33. The van der Waals surface area contributed by atoms with Gasteiger partial charge in [0.2, 0.25) is 0 Å². The molecule has 0 radical (unpaired) electrons. The number of halogens is 1. The first-order valence-corrected chi connectivity index (χ1v) is 10.8. The third-order valence-electron chi connectivity index (χ3n) is 6.24. The number of amides is 2. The maximum absolute atomic E-state index is 13.0. The van der Waals surface area contributed by atoms with E-state index in [1.165, 1.54) is 23.3 Å². The molecule has 2 amide bonds. The first kappa shape index (κ1) is 19.6. The highest BCUT2D eigenvalue weighted by atomic mass is 19.1. The first-order valence-electron chi connectivity index (χ1n) is 10.8. The van der Waals surface area contributed by atoms with E-state index in [1.807, 2.05) is 24.3 Å². The maximum Gasteiger partial charge on any atom is 0.315 e. The predicted octanol–water partition coefficient (Wildman–Crippen LogP) is 5.58. The molecule has 0 spiro atoms. The second-order valence-electron chi connectivity index (χ2n) is 8.27. The zero-order chi connectivity index (χ0) is 21.2. The van der Waals surface area contributed by atoms with Gasteiger partial charge >= 0.3 is 6.03 Å². The van der Waals surface area contributed by atoms with E-state index in [4.69, 9.17) is 4.74 Å². The lowest BCUT2D eigenvalue weighted by Gasteiger charge is -2.30. The molecule has 4 nitrogen and oxygen atoms in total. The van der Waals surface area contributed by atoms with Crippen LogP contribution in [0.1, 0.15) is 42.9 Å². The molecule has 2 aliphatic rings. The van der Waals surface area contributed by atoms with Crippen molar-refractivity contribution in [2.45, 2.75) is 43.9 Å². The molecule has 158 valence electrons. The largest absolute Gasteiger partial charge is 0.490 e. The van der Waals surface area contributed by atoms with Crippen LogP contribution in [-0.2, 0) is 0 Å². The highest BCUT2D eigenvalue weighted by Crippen LogP contribution is 2.42. The average molecular weight is 416 g/mol. The van der Waals surface area contributed by atoms with Crippen LogP contribution in [0.25, 0.3) is 11.1 Å². The van der Waals surface area contributed by atoms with E-state index in [0.29, 0.717) is 5.75 Å². The van der Waals surface area contributed by atoms with Crippen LogP contribution >= 0.6 is 0 Å². The van der Waals surface area contributed by atoms with Crippen molar-refractivity contribution in [3.05, 3.63) is 89.7 Å². The summed E-state index contributed by atoms with van der Waals surface area (Å²) in [4.78, 5) is 12.8. The summed E-state index contributed by atoms with van der Waals surface area (Å²) in [5.41, 5.74) is 4.63. The highest BCUT2D eigenvalue weighted by Gasteiger charge is 2.30. The summed E-state index contributed by atoms with van der Waals surface area (Å²) in [7, 11) is 0. The zero-order valence-electron chi connectivity index (χ0n) is 17.2. The van der Waals surface area contributed by atoms with Crippen LogP contribution in [0.4, 0.5) is 9.18 Å². The van der Waals surface area contributed by atoms with Gasteiger partial charge in [0, 0.05) is 6.04 Å². The molecule has 2 N–H and O–H groups in total. The number of hydrogen-bond donors (Lipinski definition) is 2. The molecule has 3 aromatic carbocycles. The minimum absolute atomic E-state index is 0.0974. The first-order chi connectivity index (χ1) is 15.2. The molecule has 0 aliphatic heterocycles. The van der Waals surface area contributed by atoms with Gasteiger partial charge in [-0.05, 0) is 72.2 Å². The Bertz CT molecular complexity index is 1030. The van der Waals surface area contributed by atoms with Crippen LogP contribution in [0.5, 0.6) is 5.75 Å². The molecule has 0 aromatic heterocycles. The Morgan fingerprint density at radius 3 is 1.97 bits per heavy atom. The van der Waals surface area contributed by atoms with Gasteiger partial charge < -0.3 is 15.4 Å². The molecule has 0 bridgehead atoms. The minimum Gasteiger partial charge on any atom is -0.490 e. The van der Waals surface area contributed by atoms with Gasteiger partial charge in [0.1, 0.15) is 11.6 Å². The topological polar surface area (TPSA) is 50.4 Å². The number of fused-ring (bicyclic) bond motifs is 3. The normalized spacial score (nSPS) is 19.9. The highest BCUT2D eigenvalue weighted by molar-refractivity contribution is 5.82. The summed E-state index contributed by atoms with van der Waals surface area (Å²) >= 11 is 0. The van der Waals surface area contributed by atoms with Gasteiger partial charge in [-0.25, -0.2) is 9.18 Å². The molecule has 0 atom stereocenters. The lowest BCUT2D eigenvalue weighted by molar-refractivity contribution is 0.140. The molecular formula is C26H25FN2O2. The minimum atomic E-state index is -0.265. The molecule has 5 rings (SSSR count). The molecule has 1 saturated carbocycles. The van der Waals surface area contributed by atoms with Crippen molar-refractivity contribution >= 4 is 6.03 Å². The van der Waals surface area contributed by atoms with Crippen LogP contribution in [0.3, 0.4) is 0 Å². The lowest BCUT2D eigenvalue weighted by atomic mass is 9.93. The average Bonchev–Trinajstić information content (AvgIpc) is 3.11. The van der Waals surface area contributed by atoms with Gasteiger partial charge in [-0.3, -0.25) is 0 Å². The van der Waals surface area contributed by atoms with Crippen molar-refractivity contribution in [2.75, 3.05) is 0 Å². The number of nitrogens with one attached hydrogen (secondary N) is 2. The fourth-order valence-electron chi connectivity index (χ4n) is 4.70. The second kappa shape index (κ2) is 8.42. The summed E-state index contributed by atoms with van der Waals surface area (Å²) < 4.78 is 19.0. The molecule has 0 heterocycles. The van der Waals surface area contributed by atoms with Gasteiger partial charge in [0.25, 0.3) is 0 Å². The van der Waals surface area contributed by atoms with Crippen molar-refractivity contribution in [1.29, 1.82) is 0 Å². The van der Waals surface area contributed by atoms with E-state index in [-0.39, 0.29) is 30.0 Å². The molecular weight excluding hydrogens is 391 g/mol. The Morgan fingerprint density at radius 2 is 1.35 bits per heavy atom. The Hall–Kier alpha value is -3.34. The standard InChI is InChI=1S/C26H25FN2O2/c27-17-9-13-19(14-10-17)31-20-15-11-18(12-16-20)28-26(30)29-25-23-7-3-1-5-21(23)22-6-2-4-8-24(22)25/h1-10,13-14,18,20,25H,11-12,15-16H2,(H2,28,29,30). The summed E-state index contributed by atoms with van der Waals surface area (Å²) in [5.74, 6) is 0.424. The molecule has 0 unspecified atom stereocenters. The summed E-state index contributed by atoms with van der Waals surface area (Å²) in [6, 6.07) is 22.5. The van der Waals surface area contributed by atoms with E-state index in [1.54, 1.807) is 12.1 Å². The van der Waals surface area contributed by atoms with Crippen molar-refractivity contribution in [3.8, 4) is 16.9 Å². The second-order valence-corrected chi connectivity index (χ2v) is 8.27. The number of hydrogen-bond acceptors (Lipinski definition) is 2. The van der Waals surface area contributed by atoms with Gasteiger partial charge in [-0.15, -0.1) is 0 Å². The lowest BCUT2D eigenvalue weighted by Crippen LogP contribution is -2.45. The monoisotopic (exact) mass is 416 g/mol. The summed E-state index contributed by atoms with van der Waals surface area (Å²) in [6.07, 6.45) is 3.53. The number of urea groups is 1. The Morgan fingerprint density at radius 1 is 0.774 bits per heavy atom. The molecule has 1 fully saturated rings. The molecule has 3 aromatic rings. The number of ether oxygens (including phenoxy) is 1. The molecule has 2 aliphatic carbocycles. The Labute approximate surface area is 181 Å². The van der Waals surface area contributed by atoms with Crippen molar-refractivity contribution in [1.82, 2.24) is 10.6 Å². The van der Waals surface area contributed by atoms with E-state index >= 15 is 0 Å². The van der Waals surface area contributed by atoms with Gasteiger partial charge in [-0.1, -0.05) is 48.5 Å². The van der Waals surface area contributed by atoms with Gasteiger partial charge in [-0.2, -0.15) is 0 Å². The van der Waals surface area contributed by atoms with E-state index in [9.17, 15) is 9.18 Å². The van der Waals surface area contributed by atoms with Crippen molar-refractivity contribution in [3.63, 3.8) is 0 Å². The maximum atomic E-state index is 13.0. The van der Waals surface area contributed by atoms with Crippen molar-refractivity contribution in [2.24, 2.45) is 0 Å². The van der Waals surface area contributed by atoms with Crippen LogP contribution in [0.2, 0.25) is 0 Å². The van der Waals surface area contributed by atoms with Gasteiger partial charge in [0.05, 0.1) is 12.1 Å². The SMILES string of the molecule is O=C(NC1CCC(Oc2ccc(F)cc2)CC1)NC1c2ccccc2-c2ccccc21. The smallest absolute Gasteiger partial charge is 0.315 e. The number of benzene rings is 3. The fraction of sp³-hybridized carbons (Fsp3) is 0.269. The third-order valence-corrected chi connectivity index (χ3v) is 6.24. The van der Waals surface area contributed by atoms with Crippen LogP contribution in [-0.4, -0.2) is 18.2 Å². The number of rotatable bonds is 4. The Balaban J connectivity index is 1.17. The predicted molar refractivity (Wildman–Crippen MR) is 118 cm³/mol. The quantitative estimate of drug-likeness (QED) is 0.583. The van der Waals surface area contributed by atoms with E-state index < -0.39 is 0 Å². The van der Waals surface area contributed by atoms with Crippen molar-refractivity contribution < 1.29 is 13.9 Å². The van der Waals surface area contributed by atoms with Crippen LogP contribution < -0.4 is 15.4 Å². The van der Waals surface area contributed by atoms with E-state index in [0.717, 1.165) is 36.8 Å². The number of carbonyl (C=O) groups is 1. The number of carbonyl (C=O) groups excluding carboxylic acids is 1. The molecule has 31 heavy (non-hydrogen) atoms. The summed E-state index contributed by atoms with van der Waals surface area (Å²) in [6.45, 7) is 0. The fourth-order valence-corrected chi connectivity index (χ4v) is 4.70.